The molecule has 1 N–H and O–H groups in total. The van der Waals surface area contributed by atoms with Crippen LogP contribution in [-0.4, -0.2) is 47.2 Å². The number of aromatic nitrogens is 1. The Balaban J connectivity index is 1.81. The van der Waals surface area contributed by atoms with Crippen molar-refractivity contribution >= 4 is 12.0 Å². The molecule has 0 radical (unpaired) electrons. The molecule has 1 unspecified atom stereocenters. The average molecular weight is 412 g/mol. The standard InChI is InChI=1S/C23H29N3O4/c1-23(2,3)30-22(28)25-20-12-21(27)26(14-16-6-5-11-24-13-16)15-19(20)17-7-9-18(29-4)10-8-17/h5-11,13,19-20H,12,14-15H2,1-4H3,(H,25,28)/t19?,20-/m1/s1. The topological polar surface area (TPSA) is 80.8 Å². The highest BCUT2D eigenvalue weighted by Crippen LogP contribution is 2.30. The molecule has 160 valence electrons. The summed E-state index contributed by atoms with van der Waals surface area (Å²) < 4.78 is 10.7. The fourth-order valence-corrected chi connectivity index (χ4v) is 3.59. The van der Waals surface area contributed by atoms with Crippen molar-refractivity contribution in [2.75, 3.05) is 13.7 Å². The van der Waals surface area contributed by atoms with Crippen molar-refractivity contribution in [3.05, 3.63) is 59.9 Å². The maximum atomic E-state index is 12.8. The highest BCUT2D eigenvalue weighted by molar-refractivity contribution is 5.79. The smallest absolute Gasteiger partial charge is 0.407 e. The second kappa shape index (κ2) is 9.15. The number of benzene rings is 1. The molecule has 0 saturated carbocycles. The molecule has 7 nitrogen and oxygen atoms in total. The fraction of sp³-hybridized carbons (Fsp3) is 0.435. The van der Waals surface area contributed by atoms with E-state index in [2.05, 4.69) is 10.3 Å². The predicted molar refractivity (Wildman–Crippen MR) is 113 cm³/mol. The molecule has 7 heteroatoms. The van der Waals surface area contributed by atoms with Crippen molar-refractivity contribution in [3.63, 3.8) is 0 Å². The van der Waals surface area contributed by atoms with Gasteiger partial charge in [-0.05, 0) is 50.1 Å². The lowest BCUT2D eigenvalue weighted by molar-refractivity contribution is -0.135. The Morgan fingerprint density at radius 2 is 1.97 bits per heavy atom. The van der Waals surface area contributed by atoms with Crippen LogP contribution in [0.25, 0.3) is 0 Å². The molecular formula is C23H29N3O4. The molecule has 1 fully saturated rings. The van der Waals surface area contributed by atoms with Crippen LogP contribution in [0.3, 0.4) is 0 Å². The molecule has 2 amide bonds. The molecule has 0 bridgehead atoms. The van der Waals surface area contributed by atoms with Crippen molar-refractivity contribution in [2.45, 2.75) is 51.3 Å². The van der Waals surface area contributed by atoms with Crippen LogP contribution in [0, 0.1) is 0 Å². The Hall–Kier alpha value is -3.09. The van der Waals surface area contributed by atoms with E-state index in [-0.39, 0.29) is 24.3 Å². The lowest BCUT2D eigenvalue weighted by Gasteiger charge is -2.39. The first kappa shape index (κ1) is 21.6. The second-order valence-electron chi connectivity index (χ2n) is 8.47. The van der Waals surface area contributed by atoms with Crippen molar-refractivity contribution in [2.24, 2.45) is 0 Å². The van der Waals surface area contributed by atoms with Crippen molar-refractivity contribution < 1.29 is 19.1 Å². The summed E-state index contributed by atoms with van der Waals surface area (Å²) in [4.78, 5) is 31.2. The monoisotopic (exact) mass is 411 g/mol. The molecule has 1 aromatic heterocycles. The minimum Gasteiger partial charge on any atom is -0.497 e. The van der Waals surface area contributed by atoms with Gasteiger partial charge < -0.3 is 19.7 Å². The lowest BCUT2D eigenvalue weighted by Crippen LogP contribution is -2.52. The van der Waals surface area contributed by atoms with E-state index in [4.69, 9.17) is 9.47 Å². The fourth-order valence-electron chi connectivity index (χ4n) is 3.59. The Morgan fingerprint density at radius 3 is 2.57 bits per heavy atom. The van der Waals surface area contributed by atoms with Gasteiger partial charge in [-0.1, -0.05) is 18.2 Å². The number of carbonyl (C=O) groups is 2. The van der Waals surface area contributed by atoms with Crippen molar-refractivity contribution in [3.8, 4) is 5.75 Å². The number of rotatable bonds is 5. The van der Waals surface area contributed by atoms with Gasteiger partial charge in [0.1, 0.15) is 11.4 Å². The van der Waals surface area contributed by atoms with Crippen LogP contribution in [-0.2, 0) is 16.1 Å². The summed E-state index contributed by atoms with van der Waals surface area (Å²) in [6.07, 6.45) is 3.17. The van der Waals surface area contributed by atoms with Crippen LogP contribution in [0.15, 0.2) is 48.8 Å². The number of hydrogen-bond acceptors (Lipinski definition) is 5. The zero-order valence-electron chi connectivity index (χ0n) is 17.9. The lowest BCUT2D eigenvalue weighted by atomic mass is 9.85. The summed E-state index contributed by atoms with van der Waals surface area (Å²) in [6, 6.07) is 11.2. The van der Waals surface area contributed by atoms with Crippen LogP contribution in [0.5, 0.6) is 5.75 Å². The Kier molecular flexibility index (Phi) is 6.59. The molecule has 0 aliphatic carbocycles. The van der Waals surface area contributed by atoms with Gasteiger partial charge in [0.25, 0.3) is 0 Å². The van der Waals surface area contributed by atoms with E-state index in [1.807, 2.05) is 62.1 Å². The molecule has 0 spiro atoms. The number of piperidine rings is 1. The van der Waals surface area contributed by atoms with Gasteiger partial charge in [0.2, 0.25) is 5.91 Å². The summed E-state index contributed by atoms with van der Waals surface area (Å²) in [7, 11) is 1.62. The minimum atomic E-state index is -0.606. The summed E-state index contributed by atoms with van der Waals surface area (Å²) in [5.74, 6) is 0.678. The molecule has 2 heterocycles. The normalized spacial score (nSPS) is 19.3. The first-order chi connectivity index (χ1) is 14.2. The molecule has 3 rings (SSSR count). The summed E-state index contributed by atoms with van der Waals surface area (Å²) in [6.45, 7) is 6.42. The summed E-state index contributed by atoms with van der Waals surface area (Å²) in [5, 5.41) is 2.92. The predicted octanol–water partition coefficient (Wildman–Crippen LogP) is 3.50. The van der Waals surface area contributed by atoms with E-state index in [9.17, 15) is 9.59 Å². The van der Waals surface area contributed by atoms with Crippen LogP contribution in [0.4, 0.5) is 4.79 Å². The van der Waals surface area contributed by atoms with Gasteiger partial charge in [-0.15, -0.1) is 0 Å². The third kappa shape index (κ3) is 5.72. The van der Waals surface area contributed by atoms with Crippen LogP contribution >= 0.6 is 0 Å². The third-order valence-corrected chi connectivity index (χ3v) is 4.99. The average Bonchev–Trinajstić information content (AvgIpc) is 2.69. The van der Waals surface area contributed by atoms with E-state index >= 15 is 0 Å². The summed E-state index contributed by atoms with van der Waals surface area (Å²) >= 11 is 0. The number of nitrogens with zero attached hydrogens (tertiary/aromatic N) is 2. The number of nitrogens with one attached hydrogen (secondary N) is 1. The Morgan fingerprint density at radius 1 is 1.23 bits per heavy atom. The number of carbonyl (C=O) groups excluding carboxylic acids is 2. The first-order valence-corrected chi connectivity index (χ1v) is 10.1. The van der Waals surface area contributed by atoms with E-state index in [1.165, 1.54) is 0 Å². The summed E-state index contributed by atoms with van der Waals surface area (Å²) in [5.41, 5.74) is 1.39. The van der Waals surface area contributed by atoms with Crippen molar-refractivity contribution in [1.82, 2.24) is 15.2 Å². The highest BCUT2D eigenvalue weighted by atomic mass is 16.6. The number of methoxy groups -OCH3 is 1. The number of pyridine rings is 1. The minimum absolute atomic E-state index is 0.00956. The Bertz CT molecular complexity index is 862. The molecule has 2 aromatic rings. The number of amides is 2. The first-order valence-electron chi connectivity index (χ1n) is 10.1. The molecule has 2 atom stereocenters. The van der Waals surface area contributed by atoms with Gasteiger partial charge in [-0.2, -0.15) is 0 Å². The molecule has 1 aliphatic heterocycles. The van der Waals surface area contributed by atoms with Crippen molar-refractivity contribution in [1.29, 1.82) is 0 Å². The third-order valence-electron chi connectivity index (χ3n) is 4.99. The van der Waals surface area contributed by atoms with Crippen LogP contribution in [0.1, 0.15) is 44.2 Å². The largest absolute Gasteiger partial charge is 0.497 e. The van der Waals surface area contributed by atoms with Gasteiger partial charge in [0.15, 0.2) is 0 Å². The second-order valence-corrected chi connectivity index (χ2v) is 8.47. The van der Waals surface area contributed by atoms with Gasteiger partial charge in [0, 0.05) is 43.9 Å². The van der Waals surface area contributed by atoms with Gasteiger partial charge >= 0.3 is 6.09 Å². The molecule has 1 saturated heterocycles. The maximum absolute atomic E-state index is 12.8. The highest BCUT2D eigenvalue weighted by Gasteiger charge is 2.36. The molecular weight excluding hydrogens is 382 g/mol. The molecule has 30 heavy (non-hydrogen) atoms. The van der Waals surface area contributed by atoms with E-state index in [0.717, 1.165) is 16.9 Å². The molecule has 1 aromatic carbocycles. The van der Waals surface area contributed by atoms with Crippen LogP contribution < -0.4 is 10.1 Å². The van der Waals surface area contributed by atoms with E-state index in [1.54, 1.807) is 19.5 Å². The number of likely N-dealkylation sites (tertiary alicyclic amines) is 1. The van der Waals surface area contributed by atoms with E-state index in [0.29, 0.717) is 13.1 Å². The quantitative estimate of drug-likeness (QED) is 0.814. The maximum Gasteiger partial charge on any atom is 0.407 e. The number of ether oxygens (including phenoxy) is 2. The van der Waals surface area contributed by atoms with E-state index < -0.39 is 11.7 Å². The Labute approximate surface area is 177 Å². The van der Waals surface area contributed by atoms with Crippen LogP contribution in [0.2, 0.25) is 0 Å². The number of hydrogen-bond donors (Lipinski definition) is 1. The number of alkyl carbamates (subject to hydrolysis) is 1. The zero-order chi connectivity index (χ0) is 21.7. The van der Waals surface area contributed by atoms with Gasteiger partial charge in [-0.3, -0.25) is 9.78 Å². The van der Waals surface area contributed by atoms with Gasteiger partial charge in [0.05, 0.1) is 7.11 Å². The van der Waals surface area contributed by atoms with Gasteiger partial charge in [-0.25, -0.2) is 4.79 Å². The zero-order valence-corrected chi connectivity index (χ0v) is 17.9. The molecule has 1 aliphatic rings. The SMILES string of the molecule is COc1ccc(C2CN(Cc3cccnc3)C(=O)C[C@H]2NC(=O)OC(C)(C)C)cc1.